The van der Waals surface area contributed by atoms with E-state index in [0.29, 0.717) is 0 Å². The van der Waals surface area contributed by atoms with Gasteiger partial charge in [0.25, 0.3) is 0 Å². The van der Waals surface area contributed by atoms with E-state index < -0.39 is 7.12 Å². The van der Waals surface area contributed by atoms with Gasteiger partial charge in [0.15, 0.2) is 0 Å². The molecule has 9 heteroatoms. The van der Waals surface area contributed by atoms with Crippen molar-refractivity contribution in [2.75, 3.05) is 7.11 Å². The number of hydrogen-bond donors (Lipinski definition) is 0. The number of nitrogens with zero attached hydrogens (tertiary/aromatic N) is 6. The molecule has 3 aromatic heterocycles. The van der Waals surface area contributed by atoms with Crippen molar-refractivity contribution in [3.8, 4) is 33.8 Å². The maximum atomic E-state index is 8.25. The minimum absolute atomic E-state index is 0. The van der Waals surface area contributed by atoms with E-state index in [1.165, 1.54) is 0 Å². The Kier molecular flexibility index (Phi) is 9.30. The first kappa shape index (κ1) is 28.9. The molecule has 40 heavy (non-hydrogen) atoms. The Morgan fingerprint density at radius 3 is 0.975 bits per heavy atom. The number of aromatic nitrogens is 6. The summed E-state index contributed by atoms with van der Waals surface area (Å²) in [7, 11) is -0.805. The largest absolute Gasteiger partial charge is 2.00 e. The molecule has 0 saturated carbocycles. The molecule has 0 bridgehead atoms. The minimum atomic E-state index is -1.55. The Balaban J connectivity index is 0.00000121. The second-order valence-electron chi connectivity index (χ2n) is 9.53. The molecule has 196 valence electrons. The molecule has 0 fully saturated rings. The van der Waals surface area contributed by atoms with Gasteiger partial charge in [0.2, 0.25) is 0 Å². The van der Waals surface area contributed by atoms with Gasteiger partial charge in [-0.05, 0) is 56.1 Å². The van der Waals surface area contributed by atoms with Crippen LogP contribution in [0, 0.1) is 20.8 Å². The molecule has 0 unspecified atom stereocenters. The van der Waals surface area contributed by atoms with Gasteiger partial charge in [0.05, 0.1) is 17.1 Å². The summed E-state index contributed by atoms with van der Waals surface area (Å²) in [4.78, 5) is 0. The molecule has 0 amide bonds. The van der Waals surface area contributed by atoms with Crippen molar-refractivity contribution in [3.05, 3.63) is 126 Å². The molecule has 0 aliphatic heterocycles. The van der Waals surface area contributed by atoms with Crippen molar-refractivity contribution in [1.29, 1.82) is 0 Å². The molecule has 3 heterocycles. The first-order valence-corrected chi connectivity index (χ1v) is 13.0. The van der Waals surface area contributed by atoms with Crippen LogP contribution in [0.1, 0.15) is 17.1 Å². The summed E-state index contributed by atoms with van der Waals surface area (Å²) in [6.07, 6.45) is 0. The second-order valence-corrected chi connectivity index (χ2v) is 9.53. The van der Waals surface area contributed by atoms with Crippen molar-refractivity contribution < 1.29 is 24.6 Å². The summed E-state index contributed by atoms with van der Waals surface area (Å²) in [5.74, 6) is 0. The zero-order valence-electron chi connectivity index (χ0n) is 23.4. The Morgan fingerprint density at radius 1 is 0.475 bits per heavy atom. The molecule has 0 spiro atoms. The molecule has 3 aromatic carbocycles. The van der Waals surface area contributed by atoms with Crippen LogP contribution in [0.15, 0.2) is 109 Å². The Bertz CT molecular complexity index is 1460. The molecule has 0 N–H and O–H groups in total. The minimum Gasteiger partial charge on any atom is -0.857 e. The van der Waals surface area contributed by atoms with E-state index in [1.54, 1.807) is 0 Å². The van der Waals surface area contributed by atoms with E-state index in [-0.39, 0.29) is 19.5 Å². The van der Waals surface area contributed by atoms with Crippen LogP contribution in [0.2, 0.25) is 0 Å². The van der Waals surface area contributed by atoms with Gasteiger partial charge in [-0.3, -0.25) is 0 Å². The average molecular weight is 580 g/mol. The van der Waals surface area contributed by atoms with E-state index in [4.69, 9.17) is 20.4 Å². The molecule has 6 aromatic rings. The first-order chi connectivity index (χ1) is 19.1. The monoisotopic (exact) mass is 578 g/mol. The molecule has 0 aliphatic carbocycles. The molecular weight excluding hydrogens is 549 g/mol. The predicted molar refractivity (Wildman–Crippen MR) is 156 cm³/mol. The summed E-state index contributed by atoms with van der Waals surface area (Å²) in [6.45, 7) is 6.31. The van der Waals surface area contributed by atoms with Crippen LogP contribution >= 0.6 is 0 Å². The summed E-state index contributed by atoms with van der Waals surface area (Å²) in [5, 5.41) is 23.6. The number of rotatable bonds is 6. The predicted octanol–water partition coefficient (Wildman–Crippen LogP) is 4.84. The Morgan fingerprint density at radius 2 is 0.725 bits per heavy atom. The summed E-state index contributed by atoms with van der Waals surface area (Å²) >= 11 is 0. The van der Waals surface area contributed by atoms with Crippen molar-refractivity contribution in [3.63, 3.8) is 0 Å². The normalized spacial score (nSPS) is 10.7. The molecule has 6 rings (SSSR count). The molecule has 0 aliphatic rings. The van der Waals surface area contributed by atoms with E-state index in [2.05, 4.69) is 89.1 Å². The third-order valence-corrected chi connectivity index (χ3v) is 6.96. The van der Waals surface area contributed by atoms with Gasteiger partial charge in [0, 0.05) is 16.7 Å². The Labute approximate surface area is 248 Å². The zero-order valence-corrected chi connectivity index (χ0v) is 26.4. The Hall–Kier alpha value is -4.06. The first-order valence-electron chi connectivity index (χ1n) is 13.0. The summed E-state index contributed by atoms with van der Waals surface area (Å²) < 4.78 is 6.31. The molecule has 7 nitrogen and oxygen atoms in total. The van der Waals surface area contributed by atoms with Crippen molar-refractivity contribution in [2.45, 2.75) is 20.8 Å². The third kappa shape index (κ3) is 5.76. The second kappa shape index (κ2) is 12.9. The van der Waals surface area contributed by atoms with Gasteiger partial charge in [-0.25, -0.2) is 15.3 Å². The molecule has 0 saturated heterocycles. The van der Waals surface area contributed by atoms with Crippen LogP contribution in [0.4, 0.5) is 0 Å². The van der Waals surface area contributed by atoms with Gasteiger partial charge < -0.3 is 18.9 Å². The van der Waals surface area contributed by atoms with Crippen LogP contribution < -0.4 is 5.11 Å². The number of hydrogen-bond acceptors (Lipinski definition) is 4. The van der Waals surface area contributed by atoms with E-state index in [0.717, 1.165) is 58.0 Å². The maximum absolute atomic E-state index is 8.25. The van der Waals surface area contributed by atoms with E-state index >= 15 is 0 Å². The standard InChI is InChI=1S/C30H28BN6.CH3O.Zn/c1-22-19-28(25-13-7-4-8-14-25)32-35(22)31(36-23(2)20-29(33-36)26-15-9-5-10-16-26)37-24(3)21-30(34-37)27-17-11-6-12-18-27;1-2;/h4-21,31H,1-3H3;1H3;/q2*-1;+2. The fourth-order valence-corrected chi connectivity index (χ4v) is 5.02. The van der Waals surface area contributed by atoms with Crippen molar-refractivity contribution in [1.82, 2.24) is 29.1 Å². The van der Waals surface area contributed by atoms with Crippen molar-refractivity contribution in [2.24, 2.45) is 0 Å². The molecule has 0 radical (unpaired) electrons. The molecule has 0 atom stereocenters. The topological polar surface area (TPSA) is 76.5 Å². The van der Waals surface area contributed by atoms with Gasteiger partial charge >= 0.3 is 26.6 Å². The van der Waals surface area contributed by atoms with Gasteiger partial charge in [-0.15, -0.1) is 0 Å². The fraction of sp³-hybridized carbons (Fsp3) is 0.129. The SMILES string of the molecule is C[O-].Cc1cc(-c2ccccc2)nn1[BH-](n1nc(-c2ccccc2)cc1C)n1nc(-c2ccccc2)cc1C.[Zn+2]. The summed E-state index contributed by atoms with van der Waals surface area (Å²) in [5.41, 5.74) is 9.28. The van der Waals surface area contributed by atoms with E-state index in [1.807, 2.05) is 54.6 Å². The molecular formula is C31H31BN6OZn. The van der Waals surface area contributed by atoms with E-state index in [9.17, 15) is 0 Å². The van der Waals surface area contributed by atoms with Gasteiger partial charge in [0.1, 0.15) is 0 Å². The van der Waals surface area contributed by atoms with Crippen LogP contribution in [-0.2, 0) is 19.5 Å². The zero-order chi connectivity index (χ0) is 27.4. The quantitative estimate of drug-likeness (QED) is 0.265. The van der Waals surface area contributed by atoms with Crippen LogP contribution in [0.3, 0.4) is 0 Å². The average Bonchev–Trinajstić information content (AvgIpc) is 3.69. The maximum Gasteiger partial charge on any atom is 2.00 e. The van der Waals surface area contributed by atoms with Crippen molar-refractivity contribution >= 4 is 7.12 Å². The third-order valence-electron chi connectivity index (χ3n) is 6.96. The fourth-order valence-electron chi connectivity index (χ4n) is 5.02. The smallest absolute Gasteiger partial charge is 0.857 e. The van der Waals surface area contributed by atoms with Crippen LogP contribution in [0.5, 0.6) is 0 Å². The number of benzene rings is 3. The number of aryl methyl sites for hydroxylation is 3. The van der Waals surface area contributed by atoms with Crippen LogP contribution in [0.25, 0.3) is 33.8 Å². The van der Waals surface area contributed by atoms with Gasteiger partial charge in [-0.2, -0.15) is 7.11 Å². The van der Waals surface area contributed by atoms with Gasteiger partial charge in [-0.1, -0.05) is 91.0 Å². The summed E-state index contributed by atoms with van der Waals surface area (Å²) in [6, 6.07) is 37.3. The van der Waals surface area contributed by atoms with Crippen LogP contribution in [-0.4, -0.2) is 43.3 Å².